The van der Waals surface area contributed by atoms with Gasteiger partial charge in [-0.2, -0.15) is 0 Å². The number of halogens is 1. The zero-order chi connectivity index (χ0) is 16.8. The van der Waals surface area contributed by atoms with E-state index in [9.17, 15) is 4.39 Å². The Morgan fingerprint density at radius 1 is 1.04 bits per heavy atom. The number of nitrogens with zero attached hydrogens (tertiary/aromatic N) is 1. The maximum absolute atomic E-state index is 13.1. The summed E-state index contributed by atoms with van der Waals surface area (Å²) < 4.78 is 19.1. The van der Waals surface area contributed by atoms with Gasteiger partial charge in [0.2, 0.25) is 0 Å². The average molecular weight is 325 g/mol. The van der Waals surface area contributed by atoms with Crippen LogP contribution in [0.15, 0.2) is 47.5 Å². The van der Waals surface area contributed by atoms with E-state index < -0.39 is 0 Å². The second kappa shape index (κ2) is 8.09. The largest absolute Gasteiger partial charge is 0.493 e. The SMILES string of the molecule is CCCCCN=C1CCCOc2cc(-c3ccc(F)cc3)ccc21. The molecule has 24 heavy (non-hydrogen) atoms. The van der Waals surface area contributed by atoms with Gasteiger partial charge in [0.15, 0.2) is 0 Å². The molecule has 0 spiro atoms. The summed E-state index contributed by atoms with van der Waals surface area (Å²) in [6, 6.07) is 12.8. The van der Waals surface area contributed by atoms with E-state index in [2.05, 4.69) is 25.1 Å². The highest BCUT2D eigenvalue weighted by molar-refractivity contribution is 6.03. The summed E-state index contributed by atoms with van der Waals surface area (Å²) in [5.74, 6) is 0.676. The van der Waals surface area contributed by atoms with Gasteiger partial charge in [0.05, 0.1) is 6.61 Å². The molecule has 3 heteroatoms. The number of hydrogen-bond donors (Lipinski definition) is 0. The Balaban J connectivity index is 1.87. The van der Waals surface area contributed by atoms with Gasteiger partial charge < -0.3 is 4.74 Å². The van der Waals surface area contributed by atoms with E-state index in [1.54, 1.807) is 12.1 Å². The van der Waals surface area contributed by atoms with Crippen molar-refractivity contribution in [3.63, 3.8) is 0 Å². The van der Waals surface area contributed by atoms with Crippen molar-refractivity contribution in [2.24, 2.45) is 4.99 Å². The van der Waals surface area contributed by atoms with Crippen molar-refractivity contribution in [1.82, 2.24) is 0 Å². The first kappa shape index (κ1) is 16.7. The maximum atomic E-state index is 13.1. The van der Waals surface area contributed by atoms with Gasteiger partial charge >= 0.3 is 0 Å². The number of aliphatic imine (C=N–C) groups is 1. The number of unbranched alkanes of at least 4 members (excludes halogenated alkanes) is 2. The molecule has 3 rings (SSSR count). The smallest absolute Gasteiger partial charge is 0.128 e. The van der Waals surface area contributed by atoms with Gasteiger partial charge in [-0.3, -0.25) is 4.99 Å². The Hall–Kier alpha value is -2.16. The lowest BCUT2D eigenvalue weighted by molar-refractivity contribution is 0.318. The molecular weight excluding hydrogens is 301 g/mol. The number of hydrogen-bond acceptors (Lipinski definition) is 2. The van der Waals surface area contributed by atoms with Crippen molar-refractivity contribution in [2.45, 2.75) is 39.0 Å². The molecule has 0 saturated heterocycles. The molecule has 0 aliphatic carbocycles. The Labute approximate surface area is 143 Å². The third-order valence-electron chi connectivity index (χ3n) is 4.35. The molecule has 0 radical (unpaired) electrons. The molecule has 0 fully saturated rings. The quantitative estimate of drug-likeness (QED) is 0.651. The molecule has 1 aliphatic heterocycles. The van der Waals surface area contributed by atoms with E-state index in [0.29, 0.717) is 6.61 Å². The van der Waals surface area contributed by atoms with Crippen LogP contribution in [0.5, 0.6) is 5.75 Å². The van der Waals surface area contributed by atoms with Crippen molar-refractivity contribution in [2.75, 3.05) is 13.2 Å². The van der Waals surface area contributed by atoms with E-state index >= 15 is 0 Å². The highest BCUT2D eigenvalue weighted by Gasteiger charge is 2.16. The van der Waals surface area contributed by atoms with Crippen LogP contribution in [0.1, 0.15) is 44.6 Å². The number of ether oxygens (including phenoxy) is 1. The molecule has 1 heterocycles. The molecule has 0 aromatic heterocycles. The Kier molecular flexibility index (Phi) is 5.63. The summed E-state index contributed by atoms with van der Waals surface area (Å²) in [5, 5.41) is 0. The minimum Gasteiger partial charge on any atom is -0.493 e. The molecular formula is C21H24FNO. The molecule has 1 aliphatic rings. The highest BCUT2D eigenvalue weighted by Crippen LogP contribution is 2.30. The first-order chi connectivity index (χ1) is 11.8. The van der Waals surface area contributed by atoms with E-state index in [0.717, 1.165) is 54.0 Å². The summed E-state index contributed by atoms with van der Waals surface area (Å²) in [7, 11) is 0. The van der Waals surface area contributed by atoms with Gasteiger partial charge in [0.1, 0.15) is 11.6 Å². The molecule has 0 unspecified atom stereocenters. The maximum Gasteiger partial charge on any atom is 0.128 e. The van der Waals surface area contributed by atoms with Gasteiger partial charge in [-0.1, -0.05) is 38.0 Å². The predicted molar refractivity (Wildman–Crippen MR) is 97.5 cm³/mol. The lowest BCUT2D eigenvalue weighted by Crippen LogP contribution is -2.01. The van der Waals surface area contributed by atoms with Crippen LogP contribution in [0.2, 0.25) is 0 Å². The third kappa shape index (κ3) is 4.02. The van der Waals surface area contributed by atoms with Crippen molar-refractivity contribution < 1.29 is 9.13 Å². The van der Waals surface area contributed by atoms with Crippen LogP contribution < -0.4 is 4.74 Å². The van der Waals surface area contributed by atoms with E-state index in [4.69, 9.17) is 9.73 Å². The summed E-state index contributed by atoms with van der Waals surface area (Å²) in [4.78, 5) is 4.82. The average Bonchev–Trinajstić information content (AvgIpc) is 2.81. The third-order valence-corrected chi connectivity index (χ3v) is 4.35. The molecule has 2 aromatic carbocycles. The van der Waals surface area contributed by atoms with Crippen LogP contribution in [0.4, 0.5) is 4.39 Å². The van der Waals surface area contributed by atoms with Crippen LogP contribution in [0.25, 0.3) is 11.1 Å². The minimum absolute atomic E-state index is 0.216. The fourth-order valence-electron chi connectivity index (χ4n) is 3.00. The Morgan fingerprint density at radius 3 is 2.62 bits per heavy atom. The molecule has 0 N–H and O–H groups in total. The summed E-state index contributed by atoms with van der Waals surface area (Å²) >= 11 is 0. The zero-order valence-corrected chi connectivity index (χ0v) is 14.2. The first-order valence-electron chi connectivity index (χ1n) is 8.84. The normalized spacial score (nSPS) is 15.7. The second-order valence-electron chi connectivity index (χ2n) is 6.21. The van der Waals surface area contributed by atoms with E-state index in [1.165, 1.54) is 25.0 Å². The van der Waals surface area contributed by atoms with E-state index in [1.807, 2.05) is 0 Å². The lowest BCUT2D eigenvalue weighted by Gasteiger charge is -2.11. The topological polar surface area (TPSA) is 21.6 Å². The van der Waals surface area contributed by atoms with Crippen LogP contribution in [0, 0.1) is 5.82 Å². The molecule has 0 saturated carbocycles. The highest BCUT2D eigenvalue weighted by atomic mass is 19.1. The Morgan fingerprint density at radius 2 is 1.83 bits per heavy atom. The van der Waals surface area contributed by atoms with Crippen LogP contribution >= 0.6 is 0 Å². The van der Waals surface area contributed by atoms with E-state index in [-0.39, 0.29) is 5.82 Å². The summed E-state index contributed by atoms with van der Waals surface area (Å²) in [6.45, 7) is 3.81. The monoisotopic (exact) mass is 325 g/mol. The van der Waals surface area contributed by atoms with Gasteiger partial charge in [0.25, 0.3) is 0 Å². The zero-order valence-electron chi connectivity index (χ0n) is 14.2. The number of fused-ring (bicyclic) bond motifs is 1. The first-order valence-corrected chi connectivity index (χ1v) is 8.84. The van der Waals surface area contributed by atoms with Gasteiger partial charge in [-0.05, 0) is 54.7 Å². The fourth-order valence-corrected chi connectivity index (χ4v) is 3.00. The molecule has 0 bridgehead atoms. The molecule has 126 valence electrons. The molecule has 0 atom stereocenters. The van der Waals surface area contributed by atoms with Crippen molar-refractivity contribution >= 4 is 5.71 Å². The predicted octanol–water partition coefficient (Wildman–Crippen LogP) is 5.64. The lowest BCUT2D eigenvalue weighted by atomic mass is 9.99. The van der Waals surface area contributed by atoms with Crippen LogP contribution in [-0.2, 0) is 0 Å². The fraction of sp³-hybridized carbons (Fsp3) is 0.381. The molecule has 2 aromatic rings. The molecule has 2 nitrogen and oxygen atoms in total. The van der Waals surface area contributed by atoms with Crippen molar-refractivity contribution in [3.05, 3.63) is 53.8 Å². The van der Waals surface area contributed by atoms with Crippen LogP contribution in [-0.4, -0.2) is 18.9 Å². The van der Waals surface area contributed by atoms with Gasteiger partial charge in [-0.15, -0.1) is 0 Å². The minimum atomic E-state index is -0.216. The van der Waals surface area contributed by atoms with Gasteiger partial charge in [-0.25, -0.2) is 4.39 Å². The van der Waals surface area contributed by atoms with Crippen LogP contribution in [0.3, 0.4) is 0 Å². The summed E-state index contributed by atoms with van der Waals surface area (Å²) in [5.41, 5.74) is 4.30. The second-order valence-corrected chi connectivity index (χ2v) is 6.21. The Bertz CT molecular complexity index is 706. The summed E-state index contributed by atoms with van der Waals surface area (Å²) in [6.07, 6.45) is 5.54. The molecule has 0 amide bonds. The van der Waals surface area contributed by atoms with Crippen molar-refractivity contribution in [3.8, 4) is 16.9 Å². The number of rotatable bonds is 5. The number of benzene rings is 2. The standard InChI is InChI=1S/C21H24FNO/c1-2-3-4-13-23-20-6-5-14-24-21-15-17(9-12-19(20)21)16-7-10-18(22)11-8-16/h7-12,15H,2-6,13-14H2,1H3. The van der Waals surface area contributed by atoms with Crippen molar-refractivity contribution in [1.29, 1.82) is 0 Å². The van der Waals surface area contributed by atoms with Gasteiger partial charge in [0, 0.05) is 17.8 Å².